The zero-order chi connectivity index (χ0) is 29.1. The largest absolute Gasteiger partial charge is 0.456 e. The molecular formula is C37H26N2O3S. The Hall–Kier alpha value is -5.07. The molecule has 1 unspecified atom stereocenters. The Morgan fingerprint density at radius 2 is 1.37 bits per heavy atom. The third-order valence-corrected chi connectivity index (χ3v) is 10.2. The molecule has 5 nitrogen and oxygen atoms in total. The van der Waals surface area contributed by atoms with Crippen LogP contribution in [-0.4, -0.2) is 20.0 Å². The van der Waals surface area contributed by atoms with Crippen LogP contribution in [0.15, 0.2) is 146 Å². The third-order valence-electron chi connectivity index (χ3n) is 8.32. The lowest BCUT2D eigenvalue weighted by Gasteiger charge is -2.18. The van der Waals surface area contributed by atoms with E-state index in [1.54, 1.807) is 18.2 Å². The van der Waals surface area contributed by atoms with Crippen molar-refractivity contribution in [3.8, 4) is 11.1 Å². The van der Waals surface area contributed by atoms with E-state index in [9.17, 15) is 8.42 Å². The van der Waals surface area contributed by atoms with E-state index in [1.165, 1.54) is 0 Å². The number of sulfone groups is 1. The zero-order valence-corrected chi connectivity index (χ0v) is 24.2. The summed E-state index contributed by atoms with van der Waals surface area (Å²) in [6, 6.07) is 37.0. The van der Waals surface area contributed by atoms with E-state index in [2.05, 4.69) is 37.3 Å². The average Bonchev–Trinajstić information content (AvgIpc) is 3.51. The van der Waals surface area contributed by atoms with Crippen molar-refractivity contribution in [1.29, 1.82) is 0 Å². The molecule has 1 aromatic heterocycles. The topological polar surface area (TPSA) is 72.0 Å². The molecule has 0 fully saturated rings. The highest BCUT2D eigenvalue weighted by atomic mass is 32.2. The highest BCUT2D eigenvalue weighted by Crippen LogP contribution is 2.44. The molecular weight excluding hydrogens is 552 g/mol. The first-order valence-electron chi connectivity index (χ1n) is 14.3. The molecule has 0 N–H and O–H groups in total. The average molecular weight is 579 g/mol. The van der Waals surface area contributed by atoms with Crippen molar-refractivity contribution < 1.29 is 12.8 Å². The van der Waals surface area contributed by atoms with Crippen LogP contribution in [0.25, 0.3) is 38.8 Å². The maximum atomic E-state index is 13.5. The lowest BCUT2D eigenvalue weighted by Crippen LogP contribution is -2.17. The number of nitrogens with zero attached hydrogens (tertiary/aromatic N) is 2. The van der Waals surface area contributed by atoms with E-state index < -0.39 is 9.84 Å². The Kier molecular flexibility index (Phi) is 5.81. The molecule has 0 amide bonds. The van der Waals surface area contributed by atoms with Crippen molar-refractivity contribution in [2.45, 2.75) is 23.1 Å². The maximum Gasteiger partial charge on any atom is 0.207 e. The minimum atomic E-state index is -3.62. The third kappa shape index (κ3) is 4.17. The van der Waals surface area contributed by atoms with Crippen LogP contribution >= 0.6 is 0 Å². The van der Waals surface area contributed by atoms with Crippen LogP contribution in [0.5, 0.6) is 0 Å². The molecule has 8 rings (SSSR count). The van der Waals surface area contributed by atoms with Crippen molar-refractivity contribution in [2.24, 2.45) is 15.9 Å². The van der Waals surface area contributed by atoms with Crippen LogP contribution in [-0.2, 0) is 9.84 Å². The summed E-state index contributed by atoms with van der Waals surface area (Å²) in [5.74, 6) is 0.644. The van der Waals surface area contributed by atoms with Crippen LogP contribution in [0.4, 0.5) is 0 Å². The molecule has 0 saturated heterocycles. The quantitative estimate of drug-likeness (QED) is 0.210. The Morgan fingerprint density at radius 3 is 2.26 bits per heavy atom. The van der Waals surface area contributed by atoms with E-state index in [1.807, 2.05) is 72.8 Å². The van der Waals surface area contributed by atoms with Crippen LogP contribution in [0.2, 0.25) is 0 Å². The van der Waals surface area contributed by atoms with E-state index >= 15 is 0 Å². The number of hydrogen-bond acceptors (Lipinski definition) is 5. The maximum absolute atomic E-state index is 13.5. The van der Waals surface area contributed by atoms with Gasteiger partial charge in [0.1, 0.15) is 11.2 Å². The summed E-state index contributed by atoms with van der Waals surface area (Å²) >= 11 is 0. The minimum Gasteiger partial charge on any atom is -0.456 e. The summed E-state index contributed by atoms with van der Waals surface area (Å²) in [6.45, 7) is 2.16. The summed E-state index contributed by atoms with van der Waals surface area (Å²) < 4.78 is 33.2. The summed E-state index contributed by atoms with van der Waals surface area (Å²) in [6.07, 6.45) is 2.80. The number of rotatable bonds is 3. The van der Waals surface area contributed by atoms with Crippen molar-refractivity contribution in [2.75, 3.05) is 0 Å². The second-order valence-corrected chi connectivity index (χ2v) is 12.9. The van der Waals surface area contributed by atoms with E-state index in [0.29, 0.717) is 27.7 Å². The van der Waals surface area contributed by atoms with Gasteiger partial charge in [-0.1, -0.05) is 97.9 Å². The van der Waals surface area contributed by atoms with Crippen LogP contribution < -0.4 is 0 Å². The van der Waals surface area contributed by atoms with E-state index in [0.717, 1.165) is 55.5 Å². The fourth-order valence-electron chi connectivity index (χ4n) is 6.11. The molecule has 208 valence electrons. The summed E-state index contributed by atoms with van der Waals surface area (Å²) in [7, 11) is -3.62. The molecule has 6 heteroatoms. The SMILES string of the molecule is CC1C/C=C(c2ccc3c(c2)S(=O)(=O)c2ccccc2-3)/N=C(c2ccc3c(c2)oc2ccccc23)\N=C/1c1ccccc1. The number of hydrogen-bond donors (Lipinski definition) is 0. The summed E-state index contributed by atoms with van der Waals surface area (Å²) in [4.78, 5) is 11.0. The van der Waals surface area contributed by atoms with Crippen LogP contribution in [0.1, 0.15) is 30.0 Å². The number of benzene rings is 5. The molecule has 0 bridgehead atoms. The molecule has 43 heavy (non-hydrogen) atoms. The summed E-state index contributed by atoms with van der Waals surface area (Å²) in [5.41, 5.74) is 7.31. The number of furan rings is 1. The number of allylic oxidation sites excluding steroid dienone is 1. The number of amidine groups is 1. The van der Waals surface area contributed by atoms with E-state index in [4.69, 9.17) is 14.4 Å². The van der Waals surface area contributed by atoms with Crippen molar-refractivity contribution in [1.82, 2.24) is 0 Å². The summed E-state index contributed by atoms with van der Waals surface area (Å²) in [5, 5.41) is 2.09. The number of fused-ring (bicyclic) bond motifs is 6. The van der Waals surface area contributed by atoms with Gasteiger partial charge in [0, 0.05) is 38.9 Å². The van der Waals surface area contributed by atoms with Crippen molar-refractivity contribution in [3.63, 3.8) is 0 Å². The van der Waals surface area contributed by atoms with Crippen molar-refractivity contribution >= 4 is 49.0 Å². The monoisotopic (exact) mass is 578 g/mol. The van der Waals surface area contributed by atoms with Gasteiger partial charge >= 0.3 is 0 Å². The zero-order valence-electron chi connectivity index (χ0n) is 23.4. The standard InChI is InChI=1S/C37H26N2O3S/c1-23-15-20-31(25-16-19-30-29-12-6-8-14-34(29)43(40,41)35(30)22-25)38-37(39-36(23)24-9-3-2-4-10-24)26-17-18-28-27-11-5-7-13-32(27)42-33(28)21-26/h2-14,16-23H,15H2,1H3/b31-20+,38-37-,39-36+. The predicted octanol–water partition coefficient (Wildman–Crippen LogP) is 8.72. The fourth-order valence-corrected chi connectivity index (χ4v) is 7.82. The predicted molar refractivity (Wildman–Crippen MR) is 172 cm³/mol. The highest BCUT2D eigenvalue weighted by Gasteiger charge is 2.33. The van der Waals surface area contributed by atoms with Gasteiger partial charge in [-0.15, -0.1) is 0 Å². The van der Waals surface area contributed by atoms with Crippen LogP contribution in [0, 0.1) is 5.92 Å². The van der Waals surface area contributed by atoms with Crippen molar-refractivity contribution in [3.05, 3.63) is 138 Å². The Labute approximate surface area is 249 Å². The van der Waals surface area contributed by atoms with Gasteiger partial charge in [0.15, 0.2) is 5.84 Å². The lowest BCUT2D eigenvalue weighted by molar-refractivity contribution is 0.598. The van der Waals surface area contributed by atoms with Gasteiger partial charge in [-0.3, -0.25) is 0 Å². The Bertz CT molecular complexity index is 2290. The second kappa shape index (κ2) is 9.75. The first-order valence-corrected chi connectivity index (χ1v) is 15.8. The molecule has 2 aliphatic rings. The first kappa shape index (κ1) is 25.6. The molecule has 5 aromatic carbocycles. The van der Waals surface area contributed by atoms with Crippen LogP contribution in [0.3, 0.4) is 0 Å². The van der Waals surface area contributed by atoms with Gasteiger partial charge in [-0.05, 0) is 42.3 Å². The van der Waals surface area contributed by atoms with Gasteiger partial charge in [0.05, 0.1) is 21.2 Å². The highest BCUT2D eigenvalue weighted by molar-refractivity contribution is 7.92. The Morgan fingerprint density at radius 1 is 0.651 bits per heavy atom. The Balaban J connectivity index is 1.31. The molecule has 0 aliphatic carbocycles. The molecule has 0 radical (unpaired) electrons. The molecule has 3 heterocycles. The molecule has 6 aromatic rings. The number of para-hydroxylation sites is 1. The van der Waals surface area contributed by atoms with Gasteiger partial charge < -0.3 is 4.42 Å². The van der Waals surface area contributed by atoms with Gasteiger partial charge in [0.2, 0.25) is 9.84 Å². The number of aliphatic imine (C=N–C) groups is 2. The van der Waals surface area contributed by atoms with Gasteiger partial charge in [-0.2, -0.15) is 0 Å². The minimum absolute atomic E-state index is 0.0975. The molecule has 1 atom stereocenters. The smallest absolute Gasteiger partial charge is 0.207 e. The molecule has 2 aliphatic heterocycles. The second-order valence-electron chi connectivity index (χ2n) is 11.0. The van der Waals surface area contributed by atoms with Gasteiger partial charge in [0.25, 0.3) is 0 Å². The van der Waals surface area contributed by atoms with Gasteiger partial charge in [-0.25, -0.2) is 18.4 Å². The normalized spacial score (nSPS) is 21.0. The lowest BCUT2D eigenvalue weighted by atomic mass is 9.93. The first-order chi connectivity index (χ1) is 21.0. The molecule has 0 saturated carbocycles. The molecule has 0 spiro atoms. The van der Waals surface area contributed by atoms with E-state index in [-0.39, 0.29) is 5.92 Å². The fraction of sp³-hybridized carbons (Fsp3) is 0.0811.